The highest BCUT2D eigenvalue weighted by Crippen LogP contribution is 2.19. The molecule has 0 saturated carbocycles. The van der Waals surface area contributed by atoms with Crippen LogP contribution in [0.5, 0.6) is 0 Å². The van der Waals surface area contributed by atoms with Crippen molar-refractivity contribution in [2.24, 2.45) is 12.1 Å². The van der Waals surface area contributed by atoms with Gasteiger partial charge in [0, 0.05) is 17.1 Å². The van der Waals surface area contributed by atoms with Crippen molar-refractivity contribution in [3.63, 3.8) is 0 Å². The number of H-pyrrole nitrogens is 1. The van der Waals surface area contributed by atoms with E-state index >= 15 is 0 Å². The number of hydrogen-bond acceptors (Lipinski definition) is 5. The molecule has 30 heavy (non-hydrogen) atoms. The van der Waals surface area contributed by atoms with Gasteiger partial charge >= 0.3 is 5.69 Å². The number of anilines is 1. The van der Waals surface area contributed by atoms with Gasteiger partial charge in [-0.05, 0) is 35.4 Å². The van der Waals surface area contributed by atoms with Gasteiger partial charge in [0.15, 0.2) is 11.2 Å². The van der Waals surface area contributed by atoms with Gasteiger partial charge in [-0.3, -0.25) is 18.9 Å². The van der Waals surface area contributed by atoms with Crippen LogP contribution in [0.3, 0.4) is 0 Å². The van der Waals surface area contributed by atoms with Crippen molar-refractivity contribution in [1.82, 2.24) is 19.1 Å². The summed E-state index contributed by atoms with van der Waals surface area (Å²) in [6, 6.07) is 14.4. The Kier molecular flexibility index (Phi) is 5.43. The van der Waals surface area contributed by atoms with Gasteiger partial charge in [0.05, 0.1) is 12.8 Å². The van der Waals surface area contributed by atoms with Gasteiger partial charge in [0.25, 0.3) is 5.56 Å². The number of hydrogen-bond donors (Lipinski definition) is 2. The maximum absolute atomic E-state index is 12.5. The standard InChI is InChI=1S/C20H16Cl2N6O2/c1-27-17-16(18(29)25-20(27)30)28(11-13-4-8-15(22)9-5-13)19(24-17)26-23-10-12-2-6-14(21)7-3-12/h2-10H,11H2,1H3,(H,24,26)(H,25,29,30). The maximum atomic E-state index is 12.5. The zero-order valence-corrected chi connectivity index (χ0v) is 17.3. The van der Waals surface area contributed by atoms with E-state index < -0.39 is 11.2 Å². The zero-order valence-electron chi connectivity index (χ0n) is 15.8. The Morgan fingerprint density at radius 3 is 2.37 bits per heavy atom. The van der Waals surface area contributed by atoms with E-state index in [0.29, 0.717) is 22.5 Å². The molecule has 152 valence electrons. The highest BCUT2D eigenvalue weighted by atomic mass is 35.5. The van der Waals surface area contributed by atoms with E-state index in [9.17, 15) is 9.59 Å². The lowest BCUT2D eigenvalue weighted by Gasteiger charge is -2.08. The molecule has 0 amide bonds. The number of halogens is 2. The number of rotatable bonds is 5. The second-order valence-corrected chi connectivity index (χ2v) is 7.43. The third kappa shape index (κ3) is 4.00. The fourth-order valence-corrected chi connectivity index (χ4v) is 3.21. The first-order valence-corrected chi connectivity index (χ1v) is 9.66. The van der Waals surface area contributed by atoms with E-state index in [0.717, 1.165) is 11.1 Å². The summed E-state index contributed by atoms with van der Waals surface area (Å²) in [6.45, 7) is 0.327. The van der Waals surface area contributed by atoms with Gasteiger partial charge in [-0.2, -0.15) is 10.1 Å². The molecule has 4 aromatic rings. The van der Waals surface area contributed by atoms with Crippen molar-refractivity contribution in [3.8, 4) is 0 Å². The van der Waals surface area contributed by atoms with Crippen molar-refractivity contribution in [3.05, 3.63) is 90.5 Å². The first-order valence-electron chi connectivity index (χ1n) is 8.91. The van der Waals surface area contributed by atoms with Crippen LogP contribution in [-0.4, -0.2) is 25.3 Å². The Morgan fingerprint density at radius 2 is 1.70 bits per heavy atom. The van der Waals surface area contributed by atoms with Crippen LogP contribution in [0.4, 0.5) is 5.95 Å². The van der Waals surface area contributed by atoms with Gasteiger partial charge in [0.2, 0.25) is 5.95 Å². The third-order valence-electron chi connectivity index (χ3n) is 4.51. The van der Waals surface area contributed by atoms with Crippen molar-refractivity contribution >= 4 is 46.5 Å². The Balaban J connectivity index is 1.77. The number of aromatic amines is 1. The van der Waals surface area contributed by atoms with Crippen LogP contribution in [0.15, 0.2) is 63.2 Å². The summed E-state index contributed by atoms with van der Waals surface area (Å²) in [6.07, 6.45) is 1.60. The quantitative estimate of drug-likeness (QED) is 0.366. The van der Waals surface area contributed by atoms with E-state index in [4.69, 9.17) is 23.2 Å². The van der Waals surface area contributed by atoms with Crippen LogP contribution >= 0.6 is 23.2 Å². The predicted octanol–water partition coefficient (Wildman–Crippen LogP) is 3.22. The molecular weight excluding hydrogens is 427 g/mol. The Morgan fingerprint density at radius 1 is 1.07 bits per heavy atom. The van der Waals surface area contributed by atoms with E-state index in [-0.39, 0.29) is 11.2 Å². The number of fused-ring (bicyclic) bond motifs is 1. The van der Waals surface area contributed by atoms with Crippen LogP contribution < -0.4 is 16.7 Å². The Hall–Kier alpha value is -3.36. The maximum Gasteiger partial charge on any atom is 0.329 e. The fourth-order valence-electron chi connectivity index (χ4n) is 2.96. The van der Waals surface area contributed by atoms with Gasteiger partial charge < -0.3 is 0 Å². The van der Waals surface area contributed by atoms with Crippen LogP contribution in [0.1, 0.15) is 11.1 Å². The zero-order chi connectivity index (χ0) is 21.3. The molecule has 0 fully saturated rings. The normalized spacial score (nSPS) is 11.4. The van der Waals surface area contributed by atoms with E-state index in [1.807, 2.05) is 24.3 Å². The van der Waals surface area contributed by atoms with Crippen LogP contribution in [-0.2, 0) is 13.6 Å². The monoisotopic (exact) mass is 442 g/mol. The number of imidazole rings is 1. The minimum absolute atomic E-state index is 0.252. The summed E-state index contributed by atoms with van der Waals surface area (Å²) in [5.74, 6) is 0.317. The van der Waals surface area contributed by atoms with Gasteiger partial charge in [0.1, 0.15) is 0 Å². The molecule has 0 atom stereocenters. The number of nitrogens with one attached hydrogen (secondary N) is 2. The molecule has 2 N–H and O–H groups in total. The number of aryl methyl sites for hydroxylation is 1. The Bertz CT molecular complexity index is 1350. The van der Waals surface area contributed by atoms with Crippen molar-refractivity contribution in [2.45, 2.75) is 6.54 Å². The summed E-state index contributed by atoms with van der Waals surface area (Å²) in [7, 11) is 1.54. The van der Waals surface area contributed by atoms with Crippen molar-refractivity contribution in [2.75, 3.05) is 5.43 Å². The molecule has 2 aromatic carbocycles. The van der Waals surface area contributed by atoms with Gasteiger partial charge in [-0.25, -0.2) is 10.2 Å². The van der Waals surface area contributed by atoms with Crippen molar-refractivity contribution in [1.29, 1.82) is 0 Å². The molecule has 0 unspecified atom stereocenters. The molecule has 0 aliphatic heterocycles. The average Bonchev–Trinajstić information content (AvgIpc) is 3.08. The fraction of sp³-hybridized carbons (Fsp3) is 0.100. The molecule has 0 aliphatic rings. The molecule has 0 bridgehead atoms. The summed E-state index contributed by atoms with van der Waals surface area (Å²) in [5, 5.41) is 5.45. The minimum atomic E-state index is -0.542. The molecule has 0 radical (unpaired) electrons. The molecule has 0 saturated heterocycles. The van der Waals surface area contributed by atoms with E-state index in [1.54, 1.807) is 42.1 Å². The average molecular weight is 443 g/mol. The highest BCUT2D eigenvalue weighted by molar-refractivity contribution is 6.30. The Labute approximate surface area is 180 Å². The molecule has 0 aliphatic carbocycles. The second-order valence-electron chi connectivity index (χ2n) is 6.56. The molecule has 0 spiro atoms. The third-order valence-corrected chi connectivity index (χ3v) is 5.01. The smallest absolute Gasteiger partial charge is 0.298 e. The lowest BCUT2D eigenvalue weighted by Crippen LogP contribution is -2.29. The predicted molar refractivity (Wildman–Crippen MR) is 119 cm³/mol. The minimum Gasteiger partial charge on any atom is -0.298 e. The van der Waals surface area contributed by atoms with Gasteiger partial charge in [-0.1, -0.05) is 47.5 Å². The lowest BCUT2D eigenvalue weighted by molar-refractivity contribution is 0.808. The number of benzene rings is 2. The molecule has 8 nitrogen and oxygen atoms in total. The lowest BCUT2D eigenvalue weighted by atomic mass is 10.2. The van der Waals surface area contributed by atoms with E-state index in [2.05, 4.69) is 20.5 Å². The summed E-state index contributed by atoms with van der Waals surface area (Å²) in [5.41, 5.74) is 4.04. The summed E-state index contributed by atoms with van der Waals surface area (Å²) < 4.78 is 2.94. The van der Waals surface area contributed by atoms with Crippen molar-refractivity contribution < 1.29 is 0 Å². The number of aromatic nitrogens is 4. The summed E-state index contributed by atoms with van der Waals surface area (Å²) in [4.78, 5) is 31.2. The summed E-state index contributed by atoms with van der Waals surface area (Å²) >= 11 is 11.9. The second kappa shape index (κ2) is 8.17. The largest absolute Gasteiger partial charge is 0.329 e. The van der Waals surface area contributed by atoms with E-state index in [1.165, 1.54) is 4.57 Å². The highest BCUT2D eigenvalue weighted by Gasteiger charge is 2.17. The molecular formula is C20H16Cl2N6O2. The SMILES string of the molecule is Cn1c(=O)[nH]c(=O)c2c1nc(NN=Cc1ccc(Cl)cc1)n2Cc1ccc(Cl)cc1. The molecule has 2 aromatic heterocycles. The topological polar surface area (TPSA) is 97.1 Å². The first-order chi connectivity index (χ1) is 14.4. The number of hydrazone groups is 1. The van der Waals surface area contributed by atoms with Gasteiger partial charge in [-0.15, -0.1) is 0 Å². The van der Waals surface area contributed by atoms with Crippen LogP contribution in [0, 0.1) is 0 Å². The molecule has 4 rings (SSSR count). The number of nitrogens with zero attached hydrogens (tertiary/aromatic N) is 4. The first kappa shape index (κ1) is 19.9. The van der Waals surface area contributed by atoms with Crippen LogP contribution in [0.25, 0.3) is 11.2 Å². The van der Waals surface area contributed by atoms with Crippen LogP contribution in [0.2, 0.25) is 10.0 Å². The molecule has 10 heteroatoms. The molecule has 2 heterocycles.